The van der Waals surface area contributed by atoms with Crippen LogP contribution in [0.3, 0.4) is 0 Å². The van der Waals surface area contributed by atoms with Gasteiger partial charge < -0.3 is 5.32 Å². The number of hydrogen-bond acceptors (Lipinski definition) is 2. The van der Waals surface area contributed by atoms with Crippen molar-refractivity contribution in [3.63, 3.8) is 0 Å². The maximum atomic E-state index is 11.7. The Balaban J connectivity index is 2.92. The third-order valence-electron chi connectivity index (χ3n) is 2.10. The van der Waals surface area contributed by atoms with Crippen LogP contribution in [0.4, 0.5) is 10.5 Å². The quantitative estimate of drug-likeness (QED) is 0.824. The third-order valence-corrected chi connectivity index (χ3v) is 2.10. The van der Waals surface area contributed by atoms with Gasteiger partial charge >= 0.3 is 6.03 Å². The summed E-state index contributed by atoms with van der Waals surface area (Å²) in [6, 6.07) is 8.94. The van der Waals surface area contributed by atoms with Crippen molar-refractivity contribution in [3.8, 4) is 6.07 Å². The maximum Gasteiger partial charge on any atom is 0.321 e. The predicted molar refractivity (Wildman–Crippen MR) is 63.2 cm³/mol. The highest BCUT2D eigenvalue weighted by Crippen LogP contribution is 2.17. The van der Waals surface area contributed by atoms with Crippen molar-refractivity contribution in [2.45, 2.75) is 19.9 Å². The molecule has 0 radical (unpaired) electrons. The van der Waals surface area contributed by atoms with Gasteiger partial charge in [-0.25, -0.2) is 4.79 Å². The van der Waals surface area contributed by atoms with E-state index in [-0.39, 0.29) is 12.1 Å². The van der Waals surface area contributed by atoms with E-state index in [0.717, 1.165) is 0 Å². The van der Waals surface area contributed by atoms with E-state index in [2.05, 4.69) is 11.4 Å². The highest BCUT2D eigenvalue weighted by Gasteiger charge is 2.14. The molecule has 0 unspecified atom stereocenters. The van der Waals surface area contributed by atoms with Gasteiger partial charge in [0.2, 0.25) is 0 Å². The first kappa shape index (κ1) is 12.1. The van der Waals surface area contributed by atoms with Gasteiger partial charge in [0.1, 0.15) is 6.07 Å². The Labute approximate surface area is 95.5 Å². The number of amides is 2. The summed E-state index contributed by atoms with van der Waals surface area (Å²) >= 11 is 0. The zero-order valence-electron chi connectivity index (χ0n) is 9.69. The summed E-state index contributed by atoms with van der Waals surface area (Å²) in [5, 5.41) is 11.7. The van der Waals surface area contributed by atoms with Crippen molar-refractivity contribution < 1.29 is 4.79 Å². The molecule has 0 heterocycles. The number of hydrogen-bond donors (Lipinski definition) is 1. The van der Waals surface area contributed by atoms with E-state index in [1.165, 1.54) is 4.90 Å². The number of carbonyl (C=O) groups excluding carboxylic acids is 1. The molecule has 0 aliphatic heterocycles. The average molecular weight is 217 g/mol. The van der Waals surface area contributed by atoms with Gasteiger partial charge in [0, 0.05) is 13.1 Å². The van der Waals surface area contributed by atoms with Gasteiger partial charge in [-0.2, -0.15) is 5.26 Å². The van der Waals surface area contributed by atoms with Gasteiger partial charge in [0.05, 0.1) is 11.3 Å². The van der Waals surface area contributed by atoms with Crippen LogP contribution >= 0.6 is 0 Å². The highest BCUT2D eigenvalue weighted by molar-refractivity contribution is 5.92. The van der Waals surface area contributed by atoms with Crippen LogP contribution < -0.4 is 10.2 Å². The summed E-state index contributed by atoms with van der Waals surface area (Å²) in [5.74, 6) is 0. The van der Waals surface area contributed by atoms with Crippen molar-refractivity contribution in [1.29, 1.82) is 5.26 Å². The number of carbonyl (C=O) groups is 1. The van der Waals surface area contributed by atoms with Gasteiger partial charge in [0.25, 0.3) is 0 Å². The Morgan fingerprint density at radius 2 is 2.06 bits per heavy atom. The van der Waals surface area contributed by atoms with Gasteiger partial charge in [-0.15, -0.1) is 0 Å². The summed E-state index contributed by atoms with van der Waals surface area (Å²) in [6.45, 7) is 3.78. The van der Waals surface area contributed by atoms with Crippen LogP contribution in [0.25, 0.3) is 0 Å². The molecule has 1 N–H and O–H groups in total. The van der Waals surface area contributed by atoms with E-state index in [1.807, 2.05) is 13.8 Å². The monoisotopic (exact) mass is 217 g/mol. The van der Waals surface area contributed by atoms with Crippen LogP contribution in [0.2, 0.25) is 0 Å². The molecule has 0 saturated carbocycles. The number of urea groups is 1. The fourth-order valence-electron chi connectivity index (χ4n) is 1.31. The van der Waals surface area contributed by atoms with E-state index < -0.39 is 0 Å². The Morgan fingerprint density at radius 3 is 2.62 bits per heavy atom. The molecule has 0 aliphatic rings. The average Bonchev–Trinajstić information content (AvgIpc) is 2.27. The zero-order chi connectivity index (χ0) is 12.1. The highest BCUT2D eigenvalue weighted by atomic mass is 16.2. The smallest absolute Gasteiger partial charge is 0.321 e. The molecule has 0 bridgehead atoms. The summed E-state index contributed by atoms with van der Waals surface area (Å²) in [6.07, 6.45) is 0. The van der Waals surface area contributed by atoms with Crippen LogP contribution in [0.5, 0.6) is 0 Å². The molecule has 2 amide bonds. The maximum absolute atomic E-state index is 11.7. The third kappa shape index (κ3) is 2.74. The minimum atomic E-state index is -0.210. The van der Waals surface area contributed by atoms with E-state index >= 15 is 0 Å². The van der Waals surface area contributed by atoms with Gasteiger partial charge in [-0.1, -0.05) is 12.1 Å². The fraction of sp³-hybridized carbons (Fsp3) is 0.333. The number of nitriles is 1. The predicted octanol–water partition coefficient (Wildman–Crippen LogP) is 2.11. The van der Waals surface area contributed by atoms with Crippen molar-refractivity contribution >= 4 is 11.7 Å². The largest absolute Gasteiger partial charge is 0.336 e. The van der Waals surface area contributed by atoms with Crippen molar-refractivity contribution in [3.05, 3.63) is 29.8 Å². The van der Waals surface area contributed by atoms with E-state index in [0.29, 0.717) is 11.3 Å². The second-order valence-electron chi connectivity index (χ2n) is 3.79. The molecule has 0 atom stereocenters. The summed E-state index contributed by atoms with van der Waals surface area (Å²) in [5.41, 5.74) is 1.10. The fourth-order valence-corrected chi connectivity index (χ4v) is 1.31. The van der Waals surface area contributed by atoms with E-state index in [1.54, 1.807) is 31.3 Å². The zero-order valence-corrected chi connectivity index (χ0v) is 9.69. The molecular weight excluding hydrogens is 202 g/mol. The van der Waals surface area contributed by atoms with Crippen molar-refractivity contribution in [1.82, 2.24) is 5.32 Å². The molecule has 0 fully saturated rings. The Morgan fingerprint density at radius 1 is 1.44 bits per heavy atom. The van der Waals surface area contributed by atoms with Gasteiger partial charge in [-0.3, -0.25) is 4.90 Å². The number of benzene rings is 1. The van der Waals surface area contributed by atoms with Gasteiger partial charge in [-0.05, 0) is 26.0 Å². The molecule has 1 aromatic carbocycles. The first-order valence-electron chi connectivity index (χ1n) is 5.09. The van der Waals surface area contributed by atoms with Crippen LogP contribution in [-0.4, -0.2) is 19.1 Å². The first-order chi connectivity index (χ1) is 7.56. The number of rotatable bonds is 2. The Hall–Kier alpha value is -2.02. The summed E-state index contributed by atoms with van der Waals surface area (Å²) in [4.78, 5) is 13.2. The minimum Gasteiger partial charge on any atom is -0.336 e. The first-order valence-corrected chi connectivity index (χ1v) is 5.09. The van der Waals surface area contributed by atoms with Crippen LogP contribution in [0.1, 0.15) is 19.4 Å². The number of anilines is 1. The lowest BCUT2D eigenvalue weighted by molar-refractivity contribution is 0.245. The van der Waals surface area contributed by atoms with Crippen molar-refractivity contribution in [2.24, 2.45) is 0 Å². The van der Waals surface area contributed by atoms with Crippen LogP contribution in [0.15, 0.2) is 24.3 Å². The molecule has 84 valence electrons. The van der Waals surface area contributed by atoms with E-state index in [4.69, 9.17) is 5.26 Å². The molecule has 0 aromatic heterocycles. The van der Waals surface area contributed by atoms with Crippen LogP contribution in [-0.2, 0) is 0 Å². The molecule has 16 heavy (non-hydrogen) atoms. The molecule has 0 aliphatic carbocycles. The van der Waals surface area contributed by atoms with Gasteiger partial charge in [0.15, 0.2) is 0 Å². The molecule has 4 nitrogen and oxygen atoms in total. The molecule has 1 aromatic rings. The molecule has 0 spiro atoms. The Kier molecular flexibility index (Phi) is 3.90. The topological polar surface area (TPSA) is 56.1 Å². The van der Waals surface area contributed by atoms with E-state index in [9.17, 15) is 4.79 Å². The second-order valence-corrected chi connectivity index (χ2v) is 3.79. The second kappa shape index (κ2) is 5.17. The minimum absolute atomic E-state index is 0.0733. The molecular formula is C12H15N3O. The molecule has 4 heteroatoms. The lowest BCUT2D eigenvalue weighted by Crippen LogP contribution is -2.41. The lowest BCUT2D eigenvalue weighted by Gasteiger charge is -2.20. The van der Waals surface area contributed by atoms with Crippen molar-refractivity contribution in [2.75, 3.05) is 11.9 Å². The van der Waals surface area contributed by atoms with Crippen LogP contribution in [0, 0.1) is 11.3 Å². The lowest BCUT2D eigenvalue weighted by atomic mass is 10.2. The Bertz CT molecular complexity index is 421. The molecule has 1 rings (SSSR count). The summed E-state index contributed by atoms with van der Waals surface area (Å²) < 4.78 is 0. The standard InChI is InChI=1S/C12H15N3O/c1-9(2)14-12(16)15(3)11-7-5-4-6-10(11)8-13/h4-7,9H,1-3H3,(H,14,16). The normalized spacial score (nSPS) is 9.69. The number of para-hydroxylation sites is 1. The SMILES string of the molecule is CC(C)NC(=O)N(C)c1ccccc1C#N. The molecule has 0 saturated heterocycles. The number of nitrogens with zero attached hydrogens (tertiary/aromatic N) is 2. The summed E-state index contributed by atoms with van der Waals surface area (Å²) in [7, 11) is 1.65. The number of nitrogens with one attached hydrogen (secondary N) is 1.